The Labute approximate surface area is 314 Å². The van der Waals surface area contributed by atoms with Gasteiger partial charge in [-0.1, -0.05) is 96.1 Å². The molecule has 8 rings (SSSR count). The number of hydrogen-bond donors (Lipinski definition) is 3. The molecule has 0 unspecified atom stereocenters. The van der Waals surface area contributed by atoms with Crippen LogP contribution in [-0.4, -0.2) is 29.1 Å². The van der Waals surface area contributed by atoms with Crippen molar-refractivity contribution in [2.24, 2.45) is 0 Å². The highest BCUT2D eigenvalue weighted by Crippen LogP contribution is 2.31. The van der Waals surface area contributed by atoms with Crippen molar-refractivity contribution in [3.05, 3.63) is 160 Å². The molecule has 10 heteroatoms. The van der Waals surface area contributed by atoms with Gasteiger partial charge in [-0.2, -0.15) is 24.3 Å². The molecule has 0 spiro atoms. The highest BCUT2D eigenvalue weighted by Gasteiger charge is 2.16. The van der Waals surface area contributed by atoms with Crippen LogP contribution in [0.5, 0.6) is 0 Å². The first-order valence-electron chi connectivity index (χ1n) is 17.9. The molecule has 0 radical (unpaired) electrons. The lowest BCUT2D eigenvalue weighted by atomic mass is 10.1. The minimum absolute atomic E-state index is 0.264. The van der Waals surface area contributed by atoms with Crippen molar-refractivity contribution in [1.82, 2.24) is 29.1 Å². The van der Waals surface area contributed by atoms with Gasteiger partial charge in [0.1, 0.15) is 22.9 Å². The molecule has 4 aromatic heterocycles. The molecular weight excluding hydrogens is 674 g/mol. The largest absolute Gasteiger partial charge is 0.368 e. The maximum Gasteiger partial charge on any atom is 0.312 e. The van der Waals surface area contributed by atoms with Gasteiger partial charge in [-0.3, -0.25) is 0 Å². The number of nitrogens with one attached hydrogen (secondary N) is 2. The summed E-state index contributed by atoms with van der Waals surface area (Å²) < 4.78 is 18.2. The molecule has 0 amide bonds. The highest BCUT2D eigenvalue weighted by atomic mass is 19.1. The minimum Gasteiger partial charge on any atom is -0.368 e. The number of anilines is 5. The Morgan fingerprint density at radius 3 is 1.39 bits per heavy atom. The maximum absolute atomic E-state index is 14.2. The number of fused-ring (bicyclic) bond motifs is 2. The van der Waals surface area contributed by atoms with Crippen LogP contribution < -0.4 is 16.4 Å². The molecular formula is C44H44FN9. The van der Waals surface area contributed by atoms with E-state index in [1.807, 2.05) is 91.5 Å². The Morgan fingerprint density at radius 1 is 0.537 bits per heavy atom. The summed E-state index contributed by atoms with van der Waals surface area (Å²) in [5.41, 5.74) is 18.8. The monoisotopic (exact) mass is 717 g/mol. The Hall–Kier alpha value is -6.55. The number of nitrogen functional groups attached to an aromatic ring is 1. The Kier molecular flexibility index (Phi) is 10.1. The number of nitrogens with zero attached hydrogens (tertiary/aromatic N) is 6. The van der Waals surface area contributed by atoms with Gasteiger partial charge in [0.25, 0.3) is 0 Å². The van der Waals surface area contributed by atoms with Crippen molar-refractivity contribution < 1.29 is 4.39 Å². The molecule has 54 heavy (non-hydrogen) atoms. The van der Waals surface area contributed by atoms with Crippen LogP contribution >= 0.6 is 0 Å². The molecule has 0 aliphatic carbocycles. The minimum atomic E-state index is -0.736. The molecule has 0 saturated carbocycles. The number of nitrogens with two attached hydrogens (primary N) is 1. The molecule has 0 atom stereocenters. The van der Waals surface area contributed by atoms with E-state index in [0.717, 1.165) is 56.8 Å². The van der Waals surface area contributed by atoms with Crippen molar-refractivity contribution in [3.8, 4) is 0 Å². The molecule has 0 aliphatic heterocycles. The van der Waals surface area contributed by atoms with Crippen molar-refractivity contribution in [1.29, 1.82) is 0 Å². The van der Waals surface area contributed by atoms with Gasteiger partial charge in [-0.15, -0.1) is 0 Å². The fourth-order valence-electron chi connectivity index (χ4n) is 7.12. The zero-order valence-electron chi connectivity index (χ0n) is 31.4. The number of halogens is 1. The molecule has 4 N–H and O–H groups in total. The van der Waals surface area contributed by atoms with Gasteiger partial charge in [0.05, 0.1) is 10.8 Å². The van der Waals surface area contributed by atoms with Gasteiger partial charge in [0, 0.05) is 36.9 Å². The highest BCUT2D eigenvalue weighted by molar-refractivity contribution is 5.91. The molecule has 272 valence electrons. The summed E-state index contributed by atoms with van der Waals surface area (Å²) in [5, 5.41) is 8.56. The van der Waals surface area contributed by atoms with Gasteiger partial charge in [0.15, 0.2) is 0 Å². The van der Waals surface area contributed by atoms with Crippen LogP contribution in [0, 0.1) is 47.6 Å². The lowest BCUT2D eigenvalue weighted by Gasteiger charge is -2.14. The number of benzene rings is 4. The molecule has 0 aliphatic rings. The van der Waals surface area contributed by atoms with Gasteiger partial charge in [-0.25, -0.2) is 0 Å². The van der Waals surface area contributed by atoms with Crippen molar-refractivity contribution >= 4 is 51.0 Å². The molecule has 0 fully saturated rings. The van der Waals surface area contributed by atoms with E-state index in [4.69, 9.17) is 5.73 Å². The van der Waals surface area contributed by atoms with Crippen LogP contribution in [0.3, 0.4) is 0 Å². The molecule has 8 aromatic rings. The first-order valence-corrected chi connectivity index (χ1v) is 17.9. The van der Waals surface area contributed by atoms with Crippen molar-refractivity contribution in [2.45, 2.75) is 54.6 Å². The van der Waals surface area contributed by atoms with E-state index in [-0.39, 0.29) is 5.95 Å². The van der Waals surface area contributed by atoms with E-state index in [9.17, 15) is 4.39 Å². The summed E-state index contributed by atoms with van der Waals surface area (Å²) in [7, 11) is 0. The standard InChI is InChI=1S/C22H21FN4.C22H23N5/c2*1-14-11-15(2)19(16(3)12-14)24-20-18-9-10-27(21(18)26-22(23)25-20)13-17-7-5-4-6-8-17/h4-12H,13H2,1-3H3,(H,24,25,26);4-12H,13H2,1-3H3,(H3,23,24,25,26). The second kappa shape index (κ2) is 15.2. The van der Waals surface area contributed by atoms with Gasteiger partial charge in [-0.05, 0) is 87.1 Å². The van der Waals surface area contributed by atoms with Crippen LogP contribution in [-0.2, 0) is 13.1 Å². The molecule has 9 nitrogen and oxygen atoms in total. The zero-order valence-corrected chi connectivity index (χ0v) is 31.4. The second-order valence-electron chi connectivity index (χ2n) is 13.9. The summed E-state index contributed by atoms with van der Waals surface area (Å²) in [4.78, 5) is 17.0. The first-order chi connectivity index (χ1) is 26.0. The van der Waals surface area contributed by atoms with Crippen molar-refractivity contribution in [3.63, 3.8) is 0 Å². The Bertz CT molecular complexity index is 2360. The van der Waals surface area contributed by atoms with Gasteiger partial charge < -0.3 is 25.5 Å². The van der Waals surface area contributed by atoms with Crippen LogP contribution in [0.2, 0.25) is 0 Å². The van der Waals surface area contributed by atoms with Crippen LogP contribution in [0.1, 0.15) is 44.5 Å². The quantitative estimate of drug-likeness (QED) is 0.134. The maximum atomic E-state index is 14.2. The zero-order chi connectivity index (χ0) is 37.9. The summed E-state index contributed by atoms with van der Waals surface area (Å²) >= 11 is 0. The lowest BCUT2D eigenvalue weighted by Crippen LogP contribution is -2.05. The molecule has 0 bridgehead atoms. The fourth-order valence-corrected chi connectivity index (χ4v) is 7.12. The summed E-state index contributed by atoms with van der Waals surface area (Å²) in [5.74, 6) is 1.49. The van der Waals surface area contributed by atoms with Crippen molar-refractivity contribution in [2.75, 3.05) is 16.4 Å². The van der Waals surface area contributed by atoms with Gasteiger partial charge in [0.2, 0.25) is 5.95 Å². The summed E-state index contributed by atoms with van der Waals surface area (Å²) in [6.45, 7) is 13.8. The SMILES string of the molecule is Cc1cc(C)c(Nc2nc(F)nc3c2ccn3Cc2ccccc2)c(C)c1.Cc1cc(C)c(Nc2nc(N)nc3c2ccn3Cc2ccccc2)c(C)c1. The number of rotatable bonds is 8. The number of aromatic nitrogens is 6. The smallest absolute Gasteiger partial charge is 0.312 e. The predicted octanol–water partition coefficient (Wildman–Crippen LogP) is 10.0. The average Bonchev–Trinajstić information content (AvgIpc) is 3.72. The third kappa shape index (κ3) is 7.78. The molecule has 0 saturated heterocycles. The average molecular weight is 718 g/mol. The summed E-state index contributed by atoms with van der Waals surface area (Å²) in [6.07, 6.45) is 3.22. The van der Waals surface area contributed by atoms with E-state index < -0.39 is 6.08 Å². The first kappa shape index (κ1) is 35.8. The fraction of sp³-hybridized carbons (Fsp3) is 0.182. The van der Waals surface area contributed by atoms with E-state index >= 15 is 0 Å². The third-order valence-corrected chi connectivity index (χ3v) is 9.46. The third-order valence-electron chi connectivity index (χ3n) is 9.46. The number of aryl methyl sites for hydroxylation is 6. The predicted molar refractivity (Wildman–Crippen MR) is 218 cm³/mol. The van der Waals surface area contributed by atoms with E-state index in [1.165, 1.54) is 27.8 Å². The normalized spacial score (nSPS) is 11.1. The topological polar surface area (TPSA) is 112 Å². The number of hydrogen-bond acceptors (Lipinski definition) is 7. The Balaban J connectivity index is 0.000000167. The lowest BCUT2D eigenvalue weighted by molar-refractivity contribution is 0.543. The van der Waals surface area contributed by atoms with Gasteiger partial charge >= 0.3 is 6.08 Å². The summed E-state index contributed by atoms with van der Waals surface area (Å²) in [6, 6.07) is 32.9. The molecule has 4 aromatic carbocycles. The van der Waals surface area contributed by atoms with Crippen LogP contribution in [0.4, 0.5) is 33.3 Å². The van der Waals surface area contributed by atoms with E-state index in [0.29, 0.717) is 18.0 Å². The van der Waals surface area contributed by atoms with E-state index in [1.54, 1.807) is 0 Å². The van der Waals surface area contributed by atoms with Crippen LogP contribution in [0.25, 0.3) is 22.1 Å². The van der Waals surface area contributed by atoms with Crippen LogP contribution in [0.15, 0.2) is 109 Å². The van der Waals surface area contributed by atoms with E-state index in [2.05, 4.69) is 99.2 Å². The second-order valence-corrected chi connectivity index (χ2v) is 13.9. The Morgan fingerprint density at radius 2 is 0.944 bits per heavy atom. The molecule has 4 heterocycles.